The first-order valence-electron chi connectivity index (χ1n) is 12.2. The average molecular weight is 368 g/mol. The molecule has 0 spiro atoms. The molecule has 0 amide bonds. The molecule has 0 aromatic carbocycles. The third kappa shape index (κ3) is 2.52. The minimum Gasteiger partial charge on any atom is -0.311 e. The van der Waals surface area contributed by atoms with Crippen LogP contribution in [0.15, 0.2) is 0 Å². The zero-order chi connectivity index (χ0) is 18.1. The normalized spacial score (nSPS) is 44.5. The molecule has 148 valence electrons. The Bertz CT molecular complexity index is 681. The molecular weight excluding hydrogens is 330 g/mol. The van der Waals surface area contributed by atoms with Gasteiger partial charge in [-0.25, -0.2) is 0 Å². The molecule has 2 unspecified atom stereocenters. The van der Waals surface area contributed by atoms with Crippen LogP contribution < -0.4 is 0 Å². The Hall–Kier alpha value is -0.860. The van der Waals surface area contributed by atoms with Gasteiger partial charge in [-0.05, 0) is 94.3 Å². The topological polar surface area (TPSA) is 30.7 Å². The third-order valence-corrected chi connectivity index (χ3v) is 9.75. The molecule has 8 rings (SSSR count). The molecule has 6 bridgehead atoms. The Morgan fingerprint density at radius 3 is 2.22 bits per heavy atom. The van der Waals surface area contributed by atoms with Crippen molar-refractivity contribution in [2.75, 3.05) is 0 Å². The highest BCUT2D eigenvalue weighted by atomic mass is 15.3. The van der Waals surface area contributed by atoms with Gasteiger partial charge in [0.1, 0.15) is 11.6 Å². The van der Waals surface area contributed by atoms with E-state index in [4.69, 9.17) is 10.2 Å². The van der Waals surface area contributed by atoms with Crippen molar-refractivity contribution in [2.24, 2.45) is 17.3 Å². The van der Waals surface area contributed by atoms with Crippen LogP contribution in [0.3, 0.4) is 0 Å². The zero-order valence-corrected chi connectivity index (χ0v) is 17.3. The second-order valence-corrected chi connectivity index (χ2v) is 11.3. The molecule has 3 nitrogen and oxygen atoms in total. The fraction of sp³-hybridized carbons (Fsp3) is 0.917. The van der Waals surface area contributed by atoms with Gasteiger partial charge in [-0.1, -0.05) is 26.2 Å². The molecule has 7 aliphatic rings. The molecule has 5 saturated carbocycles. The predicted molar refractivity (Wildman–Crippen MR) is 108 cm³/mol. The Balaban J connectivity index is 1.29. The average Bonchev–Trinajstić information content (AvgIpc) is 3.08. The lowest BCUT2D eigenvalue weighted by Gasteiger charge is -2.53. The van der Waals surface area contributed by atoms with Crippen molar-refractivity contribution in [3.63, 3.8) is 0 Å². The van der Waals surface area contributed by atoms with Gasteiger partial charge in [-0.3, -0.25) is 0 Å². The Morgan fingerprint density at radius 2 is 1.56 bits per heavy atom. The van der Waals surface area contributed by atoms with E-state index < -0.39 is 0 Å². The van der Waals surface area contributed by atoms with Crippen molar-refractivity contribution >= 4 is 0 Å². The van der Waals surface area contributed by atoms with Gasteiger partial charge in [-0.2, -0.15) is 0 Å². The van der Waals surface area contributed by atoms with Crippen LogP contribution in [0.5, 0.6) is 0 Å². The fourth-order valence-corrected chi connectivity index (χ4v) is 8.26. The minimum atomic E-state index is 0.374. The van der Waals surface area contributed by atoms with E-state index in [0.29, 0.717) is 10.8 Å². The smallest absolute Gasteiger partial charge is 0.139 e. The van der Waals surface area contributed by atoms with Crippen LogP contribution in [0.25, 0.3) is 0 Å². The Kier molecular flexibility index (Phi) is 3.83. The largest absolute Gasteiger partial charge is 0.311 e. The van der Waals surface area contributed by atoms with Gasteiger partial charge < -0.3 is 4.57 Å². The van der Waals surface area contributed by atoms with E-state index in [-0.39, 0.29) is 0 Å². The van der Waals surface area contributed by atoms with Gasteiger partial charge >= 0.3 is 0 Å². The second kappa shape index (κ2) is 6.07. The van der Waals surface area contributed by atoms with E-state index in [2.05, 4.69) is 11.5 Å². The second-order valence-electron chi connectivity index (χ2n) is 11.3. The number of rotatable bonds is 5. The highest BCUT2D eigenvalue weighted by Crippen LogP contribution is 2.61. The number of unbranched alkanes of at least 4 members (excludes halogenated alkanes) is 2. The van der Waals surface area contributed by atoms with Crippen LogP contribution in [0.2, 0.25) is 0 Å². The lowest BCUT2D eigenvalue weighted by Crippen LogP contribution is -2.46. The summed E-state index contributed by atoms with van der Waals surface area (Å²) in [6, 6.07) is 0.730. The van der Waals surface area contributed by atoms with E-state index in [9.17, 15) is 0 Å². The molecule has 0 saturated heterocycles. The van der Waals surface area contributed by atoms with Crippen LogP contribution in [-0.4, -0.2) is 14.8 Å². The van der Waals surface area contributed by atoms with E-state index in [1.54, 1.807) is 0 Å². The van der Waals surface area contributed by atoms with Gasteiger partial charge in [-0.15, -0.1) is 10.2 Å². The summed E-state index contributed by atoms with van der Waals surface area (Å²) < 4.78 is 2.75. The molecule has 2 atom stereocenters. The third-order valence-electron chi connectivity index (χ3n) is 9.75. The van der Waals surface area contributed by atoms with Gasteiger partial charge in [0.05, 0.1) is 0 Å². The summed E-state index contributed by atoms with van der Waals surface area (Å²) in [5.74, 6) is 5.52. The highest BCUT2D eigenvalue weighted by Gasteiger charge is 2.53. The van der Waals surface area contributed by atoms with Crippen LogP contribution in [-0.2, 0) is 5.41 Å². The lowest BCUT2D eigenvalue weighted by atomic mass is 9.52. The quantitative estimate of drug-likeness (QED) is 0.572. The first kappa shape index (κ1) is 17.0. The molecule has 1 aromatic heterocycles. The molecule has 2 aliphatic heterocycles. The number of hydrogen-bond donors (Lipinski definition) is 0. The summed E-state index contributed by atoms with van der Waals surface area (Å²) in [6.45, 7) is 2.34. The molecule has 3 heterocycles. The molecule has 5 fully saturated rings. The van der Waals surface area contributed by atoms with Gasteiger partial charge in [0.15, 0.2) is 0 Å². The van der Waals surface area contributed by atoms with Crippen molar-refractivity contribution in [1.82, 2.24) is 14.8 Å². The van der Waals surface area contributed by atoms with Crippen LogP contribution in [0.4, 0.5) is 0 Å². The summed E-state index contributed by atoms with van der Waals surface area (Å²) >= 11 is 0. The maximum atomic E-state index is 4.96. The minimum absolute atomic E-state index is 0.374. The van der Waals surface area contributed by atoms with Gasteiger partial charge in [0.2, 0.25) is 0 Å². The standard InChI is InChI=1S/C24H37N3/c1-2-3-4-5-23-6-9-24(10-7-23,11-8-23)22-26-25-21-19-13-17-12-18(14-19)16-20(15-17)27(21)22/h17-20H,2-16H2,1H3. The summed E-state index contributed by atoms with van der Waals surface area (Å²) in [4.78, 5) is 0. The molecule has 0 radical (unpaired) electrons. The molecule has 5 aliphatic carbocycles. The maximum Gasteiger partial charge on any atom is 0.139 e. The van der Waals surface area contributed by atoms with Crippen molar-refractivity contribution < 1.29 is 0 Å². The SMILES string of the molecule is CCCCCC12CCC(c3nnc4n3C3CC5CC(CC4C5)C3)(CC1)CC2. The monoisotopic (exact) mass is 367 g/mol. The summed E-state index contributed by atoms with van der Waals surface area (Å²) in [5, 5.41) is 9.86. The summed E-state index contributed by atoms with van der Waals surface area (Å²) in [5.41, 5.74) is 1.06. The first-order valence-corrected chi connectivity index (χ1v) is 12.2. The van der Waals surface area contributed by atoms with Crippen molar-refractivity contribution in [1.29, 1.82) is 0 Å². The van der Waals surface area contributed by atoms with Crippen LogP contribution >= 0.6 is 0 Å². The van der Waals surface area contributed by atoms with Crippen LogP contribution in [0.1, 0.15) is 127 Å². The van der Waals surface area contributed by atoms with Crippen molar-refractivity contribution in [3.8, 4) is 0 Å². The van der Waals surface area contributed by atoms with Crippen molar-refractivity contribution in [3.05, 3.63) is 11.6 Å². The predicted octanol–water partition coefficient (Wildman–Crippen LogP) is 6.30. The van der Waals surface area contributed by atoms with Gasteiger partial charge in [0.25, 0.3) is 0 Å². The number of aromatic nitrogens is 3. The van der Waals surface area contributed by atoms with Crippen LogP contribution in [0, 0.1) is 17.3 Å². The number of hydrogen-bond acceptors (Lipinski definition) is 2. The summed E-state index contributed by atoms with van der Waals surface area (Å²) in [7, 11) is 0. The fourth-order valence-electron chi connectivity index (χ4n) is 8.26. The Labute approximate surface area is 164 Å². The summed E-state index contributed by atoms with van der Waals surface area (Å²) in [6.07, 6.45) is 21.4. The van der Waals surface area contributed by atoms with Crippen molar-refractivity contribution in [2.45, 2.75) is 121 Å². The molecule has 3 heteroatoms. The highest BCUT2D eigenvalue weighted by molar-refractivity contribution is 5.22. The van der Waals surface area contributed by atoms with E-state index >= 15 is 0 Å². The lowest BCUT2D eigenvalue weighted by molar-refractivity contribution is 0.0227. The molecular formula is C24H37N3. The van der Waals surface area contributed by atoms with E-state index in [0.717, 1.165) is 23.8 Å². The van der Waals surface area contributed by atoms with E-state index in [1.165, 1.54) is 108 Å². The molecule has 0 N–H and O–H groups in total. The first-order chi connectivity index (χ1) is 13.2. The van der Waals surface area contributed by atoms with Gasteiger partial charge in [0, 0.05) is 17.4 Å². The number of nitrogens with zero attached hydrogens (tertiary/aromatic N) is 3. The maximum absolute atomic E-state index is 4.96. The van der Waals surface area contributed by atoms with E-state index in [1.807, 2.05) is 0 Å². The molecule has 27 heavy (non-hydrogen) atoms. The number of fused-ring (bicyclic) bond motifs is 3. The zero-order valence-electron chi connectivity index (χ0n) is 17.3. The Morgan fingerprint density at radius 1 is 0.852 bits per heavy atom. The molecule has 1 aromatic rings.